The first-order valence-corrected chi connectivity index (χ1v) is 17.4. The second-order valence-corrected chi connectivity index (χ2v) is 13.1. The van der Waals surface area contributed by atoms with Crippen molar-refractivity contribution in [2.24, 2.45) is 0 Å². The Hall–Kier alpha value is -7.11. The standard InChI is InChI=1S/C47H27N3O2/c1-2-12-29(13-3-1)39-27-40-34-25-24-30(26-42(34)52-44(40)35-19-7-6-17-32(35)39)45-48-46(37-21-10-15-28-14-4-5-16-31(28)37)50-47(49-45)38-22-11-20-36-33-18-8-9-23-41(33)51-43(36)38/h1-27H. The maximum Gasteiger partial charge on any atom is 0.167 e. The number of furan rings is 2. The lowest BCUT2D eigenvalue weighted by Gasteiger charge is -2.10. The van der Waals surface area contributed by atoms with E-state index in [1.165, 1.54) is 11.1 Å². The molecule has 11 aromatic rings. The molecule has 3 aromatic heterocycles. The van der Waals surface area contributed by atoms with Gasteiger partial charge in [0.1, 0.15) is 22.3 Å². The van der Waals surface area contributed by atoms with Crippen LogP contribution in [0.2, 0.25) is 0 Å². The molecule has 52 heavy (non-hydrogen) atoms. The number of hydrogen-bond acceptors (Lipinski definition) is 5. The smallest absolute Gasteiger partial charge is 0.167 e. The van der Waals surface area contributed by atoms with Crippen molar-refractivity contribution in [2.75, 3.05) is 0 Å². The molecular formula is C47H27N3O2. The summed E-state index contributed by atoms with van der Waals surface area (Å²) in [4.78, 5) is 15.4. The van der Waals surface area contributed by atoms with Gasteiger partial charge in [-0.15, -0.1) is 0 Å². The van der Waals surface area contributed by atoms with Crippen LogP contribution in [0.3, 0.4) is 0 Å². The summed E-state index contributed by atoms with van der Waals surface area (Å²) in [5, 5.41) is 8.62. The van der Waals surface area contributed by atoms with Gasteiger partial charge in [0.2, 0.25) is 0 Å². The summed E-state index contributed by atoms with van der Waals surface area (Å²) in [5.41, 5.74) is 8.14. The molecule has 0 amide bonds. The monoisotopic (exact) mass is 665 g/mol. The van der Waals surface area contributed by atoms with Crippen LogP contribution in [0.1, 0.15) is 0 Å². The van der Waals surface area contributed by atoms with Gasteiger partial charge < -0.3 is 8.83 Å². The zero-order valence-corrected chi connectivity index (χ0v) is 27.7. The molecule has 0 atom stereocenters. The normalized spacial score (nSPS) is 11.8. The van der Waals surface area contributed by atoms with E-state index in [1.807, 2.05) is 48.5 Å². The summed E-state index contributed by atoms with van der Waals surface area (Å²) in [7, 11) is 0. The number of fused-ring (bicyclic) bond motifs is 9. The van der Waals surface area contributed by atoms with Crippen LogP contribution in [-0.2, 0) is 0 Å². The molecule has 5 heteroatoms. The maximum absolute atomic E-state index is 6.71. The highest BCUT2D eigenvalue weighted by Crippen LogP contribution is 2.41. The van der Waals surface area contributed by atoms with Crippen molar-refractivity contribution in [1.29, 1.82) is 0 Å². The lowest BCUT2D eigenvalue weighted by atomic mass is 9.95. The van der Waals surface area contributed by atoms with E-state index < -0.39 is 0 Å². The highest BCUT2D eigenvalue weighted by molar-refractivity contribution is 6.19. The molecule has 0 aliphatic carbocycles. The SMILES string of the molecule is c1ccc(-c2cc3c4ccc(-c5nc(-c6cccc7ccccc67)nc(-c6cccc7c6oc6ccccc67)n5)cc4oc3c3ccccc23)cc1. The fraction of sp³-hybridized carbons (Fsp3) is 0. The van der Waals surface area contributed by atoms with Gasteiger partial charge in [0, 0.05) is 38.1 Å². The lowest BCUT2D eigenvalue weighted by molar-refractivity contribution is 0.669. The predicted molar refractivity (Wildman–Crippen MR) is 211 cm³/mol. The van der Waals surface area contributed by atoms with Gasteiger partial charge in [-0.05, 0) is 57.6 Å². The van der Waals surface area contributed by atoms with Crippen molar-refractivity contribution < 1.29 is 8.83 Å². The molecule has 0 radical (unpaired) electrons. The molecule has 0 aliphatic heterocycles. The second-order valence-electron chi connectivity index (χ2n) is 13.1. The third-order valence-corrected chi connectivity index (χ3v) is 10.1. The van der Waals surface area contributed by atoms with Crippen LogP contribution in [0, 0.1) is 0 Å². The van der Waals surface area contributed by atoms with E-state index in [1.54, 1.807) is 0 Å². The van der Waals surface area contributed by atoms with E-state index in [9.17, 15) is 0 Å². The zero-order valence-electron chi connectivity index (χ0n) is 27.7. The van der Waals surface area contributed by atoms with Crippen molar-refractivity contribution in [3.63, 3.8) is 0 Å². The van der Waals surface area contributed by atoms with Crippen LogP contribution in [-0.4, -0.2) is 15.0 Å². The lowest BCUT2D eigenvalue weighted by Crippen LogP contribution is -2.00. The van der Waals surface area contributed by atoms with Crippen LogP contribution in [0.4, 0.5) is 0 Å². The van der Waals surface area contributed by atoms with E-state index in [4.69, 9.17) is 23.8 Å². The van der Waals surface area contributed by atoms with Crippen molar-refractivity contribution in [1.82, 2.24) is 15.0 Å². The first-order chi connectivity index (χ1) is 25.8. The minimum atomic E-state index is 0.542. The Balaban J connectivity index is 1.15. The van der Waals surface area contributed by atoms with Gasteiger partial charge >= 0.3 is 0 Å². The van der Waals surface area contributed by atoms with Gasteiger partial charge in [0.15, 0.2) is 17.5 Å². The third kappa shape index (κ3) is 4.39. The molecule has 5 nitrogen and oxygen atoms in total. The van der Waals surface area contributed by atoms with Crippen LogP contribution in [0.25, 0.3) is 111 Å². The minimum Gasteiger partial charge on any atom is -0.455 e. The number of benzene rings is 8. The molecule has 0 bridgehead atoms. The Morgan fingerprint density at radius 3 is 1.79 bits per heavy atom. The quantitative estimate of drug-likeness (QED) is 0.187. The van der Waals surface area contributed by atoms with Gasteiger partial charge in [-0.25, -0.2) is 15.0 Å². The number of nitrogens with zero attached hydrogens (tertiary/aromatic N) is 3. The van der Waals surface area contributed by atoms with Gasteiger partial charge in [-0.2, -0.15) is 0 Å². The van der Waals surface area contributed by atoms with Gasteiger partial charge in [0.25, 0.3) is 0 Å². The molecule has 0 unspecified atom stereocenters. The Morgan fingerprint density at radius 2 is 0.904 bits per heavy atom. The van der Waals surface area contributed by atoms with Gasteiger partial charge in [-0.1, -0.05) is 133 Å². The van der Waals surface area contributed by atoms with Gasteiger partial charge in [0.05, 0.1) is 5.56 Å². The summed E-state index contributed by atoms with van der Waals surface area (Å²) in [6.07, 6.45) is 0. The molecule has 0 spiro atoms. The minimum absolute atomic E-state index is 0.542. The highest BCUT2D eigenvalue weighted by atomic mass is 16.3. The van der Waals surface area contributed by atoms with Crippen LogP contribution < -0.4 is 0 Å². The van der Waals surface area contributed by atoms with E-state index in [2.05, 4.69) is 115 Å². The average molecular weight is 666 g/mol. The summed E-state index contributed by atoms with van der Waals surface area (Å²) in [5.74, 6) is 1.69. The third-order valence-electron chi connectivity index (χ3n) is 10.1. The van der Waals surface area contributed by atoms with E-state index in [0.717, 1.165) is 82.1 Å². The topological polar surface area (TPSA) is 65.0 Å². The number of rotatable bonds is 4. The van der Waals surface area contributed by atoms with Crippen molar-refractivity contribution in [3.05, 3.63) is 164 Å². The molecule has 0 saturated heterocycles. The molecule has 0 fully saturated rings. The molecule has 11 rings (SSSR count). The maximum atomic E-state index is 6.71. The van der Waals surface area contributed by atoms with Crippen molar-refractivity contribution in [3.8, 4) is 45.3 Å². The summed E-state index contributed by atoms with van der Waals surface area (Å²) >= 11 is 0. The van der Waals surface area contributed by atoms with Crippen LogP contribution in [0.5, 0.6) is 0 Å². The zero-order chi connectivity index (χ0) is 34.2. The molecule has 3 heterocycles. The van der Waals surface area contributed by atoms with Crippen LogP contribution in [0.15, 0.2) is 173 Å². The van der Waals surface area contributed by atoms with E-state index in [0.29, 0.717) is 17.5 Å². The molecular weight excluding hydrogens is 639 g/mol. The largest absolute Gasteiger partial charge is 0.455 e. The number of aromatic nitrogens is 3. The summed E-state index contributed by atoms with van der Waals surface area (Å²) < 4.78 is 13.2. The molecule has 0 aliphatic rings. The first-order valence-electron chi connectivity index (χ1n) is 17.4. The summed E-state index contributed by atoms with van der Waals surface area (Å²) in [6, 6.07) is 56.3. The molecule has 0 saturated carbocycles. The Kier molecular flexibility index (Phi) is 6.18. The van der Waals surface area contributed by atoms with Crippen molar-refractivity contribution >= 4 is 65.4 Å². The first kappa shape index (κ1) is 28.7. The Labute approximate surface area is 297 Å². The number of para-hydroxylation sites is 2. The Bertz CT molecular complexity index is 3190. The van der Waals surface area contributed by atoms with E-state index in [-0.39, 0.29) is 0 Å². The van der Waals surface area contributed by atoms with E-state index >= 15 is 0 Å². The fourth-order valence-electron chi connectivity index (χ4n) is 7.68. The van der Waals surface area contributed by atoms with Crippen LogP contribution >= 0.6 is 0 Å². The highest BCUT2D eigenvalue weighted by Gasteiger charge is 2.20. The fourth-order valence-corrected chi connectivity index (χ4v) is 7.68. The Morgan fingerprint density at radius 1 is 0.308 bits per heavy atom. The molecule has 242 valence electrons. The van der Waals surface area contributed by atoms with Gasteiger partial charge in [-0.3, -0.25) is 0 Å². The molecule has 8 aromatic carbocycles. The average Bonchev–Trinajstić information content (AvgIpc) is 3.79. The number of hydrogen-bond donors (Lipinski definition) is 0. The summed E-state index contributed by atoms with van der Waals surface area (Å²) in [6.45, 7) is 0. The van der Waals surface area contributed by atoms with Crippen molar-refractivity contribution in [2.45, 2.75) is 0 Å². The predicted octanol–water partition coefficient (Wildman–Crippen LogP) is 12.6. The molecule has 0 N–H and O–H groups in total. The second kappa shape index (κ2) is 11.2.